The van der Waals surface area contributed by atoms with Gasteiger partial charge in [0.05, 0.1) is 5.69 Å². The lowest BCUT2D eigenvalue weighted by atomic mass is 10.3. The molecule has 0 saturated heterocycles. The molecule has 0 N–H and O–H groups in total. The van der Waals surface area contributed by atoms with E-state index in [1.807, 2.05) is 52.8 Å². The van der Waals surface area contributed by atoms with Crippen molar-refractivity contribution >= 4 is 12.2 Å². The van der Waals surface area contributed by atoms with Gasteiger partial charge in [0.25, 0.3) is 0 Å². The monoisotopic (exact) mass is 258 g/mol. The zero-order chi connectivity index (χ0) is 12.5. The summed E-state index contributed by atoms with van der Waals surface area (Å²) >= 11 is 5.31. The van der Waals surface area contributed by atoms with Crippen LogP contribution in [0.1, 0.15) is 0 Å². The Morgan fingerprint density at radius 1 is 1.06 bits per heavy atom. The van der Waals surface area contributed by atoms with Crippen molar-refractivity contribution in [2.75, 3.05) is 0 Å². The molecule has 3 rings (SSSR count). The summed E-state index contributed by atoms with van der Waals surface area (Å²) in [6, 6.07) is 7.85. The van der Waals surface area contributed by atoms with Gasteiger partial charge in [-0.25, -0.2) is 4.68 Å². The van der Waals surface area contributed by atoms with Crippen LogP contribution in [0.2, 0.25) is 0 Å². The third-order valence-corrected chi connectivity index (χ3v) is 3.17. The average molecular weight is 258 g/mol. The first-order valence-electron chi connectivity index (χ1n) is 5.33. The minimum absolute atomic E-state index is 0.755. The Balaban J connectivity index is 2.01. The maximum Gasteiger partial charge on any atom is 0.184 e. The molecule has 18 heavy (non-hydrogen) atoms. The zero-order valence-electron chi connectivity index (χ0n) is 9.63. The van der Waals surface area contributed by atoms with Gasteiger partial charge in [-0.1, -0.05) is 0 Å². The number of tetrazole rings is 1. The Bertz CT molecular complexity index is 707. The van der Waals surface area contributed by atoms with Crippen LogP contribution < -0.4 is 0 Å². The lowest BCUT2D eigenvalue weighted by Gasteiger charge is -2.04. The smallest absolute Gasteiger partial charge is 0.184 e. The molecule has 2 heterocycles. The number of hydrogen-bond acceptors (Lipinski definition) is 4. The van der Waals surface area contributed by atoms with Gasteiger partial charge in [-0.05, 0) is 46.9 Å². The molecule has 0 saturated carbocycles. The maximum atomic E-state index is 5.31. The van der Waals surface area contributed by atoms with Crippen molar-refractivity contribution in [1.29, 1.82) is 0 Å². The number of rotatable bonds is 2. The molecule has 3 aromatic rings. The maximum absolute atomic E-state index is 5.31. The molecular formula is C11H10N6S. The highest BCUT2D eigenvalue weighted by atomic mass is 32.1. The van der Waals surface area contributed by atoms with E-state index in [1.54, 1.807) is 11.0 Å². The quantitative estimate of drug-likeness (QED) is 0.654. The van der Waals surface area contributed by atoms with E-state index in [2.05, 4.69) is 15.5 Å². The summed E-state index contributed by atoms with van der Waals surface area (Å²) in [5, 5.41) is 11.0. The fourth-order valence-electron chi connectivity index (χ4n) is 1.71. The largest absolute Gasteiger partial charge is 0.327 e. The summed E-state index contributed by atoms with van der Waals surface area (Å²) < 4.78 is 6.20. The normalized spacial score (nSPS) is 10.7. The topological polar surface area (TPSA) is 53.5 Å². The van der Waals surface area contributed by atoms with E-state index in [0.717, 1.165) is 16.1 Å². The van der Waals surface area contributed by atoms with E-state index in [-0.39, 0.29) is 0 Å². The molecule has 1 aromatic carbocycles. The number of aryl methyl sites for hydroxylation is 1. The summed E-state index contributed by atoms with van der Waals surface area (Å²) in [7, 11) is 1.92. The molecule has 0 amide bonds. The van der Waals surface area contributed by atoms with Gasteiger partial charge in [0.15, 0.2) is 4.77 Å². The van der Waals surface area contributed by atoms with Crippen LogP contribution in [0.5, 0.6) is 0 Å². The lowest BCUT2D eigenvalue weighted by molar-refractivity contribution is 0.788. The molecule has 0 aliphatic rings. The van der Waals surface area contributed by atoms with Crippen molar-refractivity contribution in [2.24, 2.45) is 7.05 Å². The lowest BCUT2D eigenvalue weighted by Crippen LogP contribution is -1.98. The predicted molar refractivity (Wildman–Crippen MR) is 68.3 cm³/mol. The van der Waals surface area contributed by atoms with Crippen LogP contribution in [-0.2, 0) is 7.05 Å². The van der Waals surface area contributed by atoms with E-state index in [4.69, 9.17) is 12.2 Å². The summed E-state index contributed by atoms with van der Waals surface area (Å²) in [6.07, 6.45) is 5.43. The summed E-state index contributed by atoms with van der Waals surface area (Å²) in [4.78, 5) is 0. The van der Waals surface area contributed by atoms with E-state index >= 15 is 0 Å². The number of hydrogen-bond donors (Lipinski definition) is 0. The molecule has 0 aliphatic carbocycles. The second kappa shape index (κ2) is 4.19. The molecular weight excluding hydrogens is 248 g/mol. The van der Waals surface area contributed by atoms with Gasteiger partial charge in [-0.2, -0.15) is 0 Å². The fourth-order valence-corrected chi connectivity index (χ4v) is 1.93. The molecule has 0 fully saturated rings. The molecule has 2 aromatic heterocycles. The summed E-state index contributed by atoms with van der Waals surface area (Å²) in [5.74, 6) is 0. The van der Waals surface area contributed by atoms with Crippen LogP contribution in [0.25, 0.3) is 11.4 Å². The van der Waals surface area contributed by atoms with Crippen LogP contribution in [-0.4, -0.2) is 29.3 Å². The van der Waals surface area contributed by atoms with Gasteiger partial charge in [-0.15, -0.1) is 5.10 Å². The highest BCUT2D eigenvalue weighted by Gasteiger charge is 2.01. The van der Waals surface area contributed by atoms with Gasteiger partial charge in [0.2, 0.25) is 0 Å². The molecule has 0 atom stereocenters. The van der Waals surface area contributed by atoms with Crippen molar-refractivity contribution in [1.82, 2.24) is 29.3 Å². The minimum atomic E-state index is 0.755. The van der Waals surface area contributed by atoms with Gasteiger partial charge in [0, 0.05) is 25.1 Å². The number of benzene rings is 1. The van der Waals surface area contributed by atoms with Gasteiger partial charge in [-0.3, -0.25) is 4.57 Å². The first kappa shape index (κ1) is 10.8. The van der Waals surface area contributed by atoms with Crippen molar-refractivity contribution in [3.8, 4) is 11.4 Å². The number of imidazole rings is 1. The molecule has 6 nitrogen and oxygen atoms in total. The molecule has 0 unspecified atom stereocenters. The van der Waals surface area contributed by atoms with E-state index in [0.29, 0.717) is 0 Å². The third kappa shape index (κ3) is 1.74. The van der Waals surface area contributed by atoms with Crippen LogP contribution >= 0.6 is 12.2 Å². The third-order valence-electron chi connectivity index (χ3n) is 2.69. The van der Waals surface area contributed by atoms with Gasteiger partial charge < -0.3 is 4.57 Å². The summed E-state index contributed by atoms with van der Waals surface area (Å²) in [6.45, 7) is 0. The zero-order valence-corrected chi connectivity index (χ0v) is 10.4. The Morgan fingerprint density at radius 2 is 1.78 bits per heavy atom. The number of aromatic nitrogens is 6. The van der Waals surface area contributed by atoms with Crippen molar-refractivity contribution in [3.05, 3.63) is 47.8 Å². The van der Waals surface area contributed by atoms with Gasteiger partial charge in [0.1, 0.15) is 6.33 Å². The Morgan fingerprint density at radius 3 is 2.33 bits per heavy atom. The molecule has 0 aliphatic heterocycles. The molecule has 7 heteroatoms. The minimum Gasteiger partial charge on any atom is -0.327 e. The molecule has 0 spiro atoms. The predicted octanol–water partition coefficient (Wildman–Crippen LogP) is 1.52. The highest BCUT2D eigenvalue weighted by Crippen LogP contribution is 2.12. The Hall–Kier alpha value is -2.28. The fraction of sp³-hybridized carbons (Fsp3) is 0.0909. The van der Waals surface area contributed by atoms with Gasteiger partial charge >= 0.3 is 0 Å². The van der Waals surface area contributed by atoms with E-state index < -0.39 is 0 Å². The van der Waals surface area contributed by atoms with Crippen LogP contribution in [0, 0.1) is 4.77 Å². The molecule has 90 valence electrons. The van der Waals surface area contributed by atoms with Crippen molar-refractivity contribution in [3.63, 3.8) is 0 Å². The second-order valence-electron chi connectivity index (χ2n) is 3.83. The van der Waals surface area contributed by atoms with E-state index in [9.17, 15) is 0 Å². The Labute approximate surface area is 108 Å². The SMILES string of the molecule is Cn1ccn(-c2ccc(-n3cnnn3)cc2)c1=S. The average Bonchev–Trinajstić information content (AvgIpc) is 3.02. The van der Waals surface area contributed by atoms with Crippen LogP contribution in [0.3, 0.4) is 0 Å². The first-order valence-corrected chi connectivity index (χ1v) is 5.74. The van der Waals surface area contributed by atoms with Crippen LogP contribution in [0.15, 0.2) is 43.0 Å². The van der Waals surface area contributed by atoms with Crippen molar-refractivity contribution < 1.29 is 0 Å². The molecule has 0 bridgehead atoms. The van der Waals surface area contributed by atoms with E-state index in [1.165, 1.54) is 0 Å². The summed E-state index contributed by atoms with van der Waals surface area (Å²) in [5.41, 5.74) is 1.92. The first-order chi connectivity index (χ1) is 8.75. The highest BCUT2D eigenvalue weighted by molar-refractivity contribution is 7.71. The molecule has 0 radical (unpaired) electrons. The Kier molecular flexibility index (Phi) is 2.52. The second-order valence-corrected chi connectivity index (χ2v) is 4.20. The standard InChI is InChI=1S/C11H10N6S/c1-15-6-7-16(11(15)18)9-2-4-10(5-3-9)17-8-12-13-14-17/h2-8H,1H3. The number of nitrogens with zero attached hydrogens (tertiary/aromatic N) is 6. The van der Waals surface area contributed by atoms with Crippen molar-refractivity contribution in [2.45, 2.75) is 0 Å². The van der Waals surface area contributed by atoms with Crippen LogP contribution in [0.4, 0.5) is 0 Å².